The van der Waals surface area contributed by atoms with Crippen molar-refractivity contribution in [2.24, 2.45) is 5.92 Å². The Balaban J connectivity index is 3.13. The highest BCUT2D eigenvalue weighted by Gasteiger charge is 2.29. The average molecular weight is 807 g/mol. The second-order valence-electron chi connectivity index (χ2n) is 13.8. The fraction of sp³-hybridized carbons (Fsp3) is 0.553. The van der Waals surface area contributed by atoms with E-state index in [4.69, 9.17) is 14.2 Å². The van der Waals surface area contributed by atoms with E-state index < -0.39 is 94.4 Å². The van der Waals surface area contributed by atoms with Crippen LogP contribution in [0.5, 0.6) is 0 Å². The summed E-state index contributed by atoms with van der Waals surface area (Å²) in [7, 11) is 0. The molecule has 0 bridgehead atoms. The molecule has 0 aromatic heterocycles. The number of carbonyl (C=O) groups excluding carboxylic acids is 7. The lowest BCUT2D eigenvalue weighted by Crippen LogP contribution is -2.54. The lowest BCUT2D eigenvalue weighted by Gasteiger charge is -2.23. The SMILES string of the molecule is C=C/C=C\C(C)COC(=O)CNC(=O)CNC(=O)C(CCCCNC(=O)OC(C)(C)C)NC(=O)C(CCC(=O)OCCCC)NC(=O)c1cc([N+](=O)[O-])ccc1F. The van der Waals surface area contributed by atoms with E-state index >= 15 is 0 Å². The predicted octanol–water partition coefficient (Wildman–Crippen LogP) is 3.29. The van der Waals surface area contributed by atoms with Gasteiger partial charge in [0.05, 0.1) is 30.2 Å². The lowest BCUT2D eigenvalue weighted by atomic mass is 10.1. The van der Waals surface area contributed by atoms with Crippen LogP contribution in [0.2, 0.25) is 0 Å². The van der Waals surface area contributed by atoms with Crippen LogP contribution >= 0.6 is 0 Å². The van der Waals surface area contributed by atoms with Crippen molar-refractivity contribution in [2.45, 2.75) is 97.2 Å². The molecule has 3 atom stereocenters. The molecule has 18 nitrogen and oxygen atoms in total. The number of nitrogens with zero attached hydrogens (tertiary/aromatic N) is 1. The van der Waals surface area contributed by atoms with Crippen LogP contribution in [0, 0.1) is 21.8 Å². The van der Waals surface area contributed by atoms with Crippen molar-refractivity contribution in [1.82, 2.24) is 26.6 Å². The highest BCUT2D eigenvalue weighted by molar-refractivity contribution is 5.99. The number of amides is 5. The van der Waals surface area contributed by atoms with Crippen molar-refractivity contribution in [3.05, 3.63) is 64.5 Å². The number of alkyl carbamates (subject to hydrolysis) is 1. The maximum absolute atomic E-state index is 14.6. The molecule has 57 heavy (non-hydrogen) atoms. The summed E-state index contributed by atoms with van der Waals surface area (Å²) in [6.45, 7) is 11.6. The van der Waals surface area contributed by atoms with Crippen LogP contribution in [-0.4, -0.2) is 97.1 Å². The van der Waals surface area contributed by atoms with Crippen LogP contribution in [0.1, 0.15) is 89.9 Å². The normalized spacial score (nSPS) is 12.6. The number of non-ortho nitro benzene ring substituents is 1. The van der Waals surface area contributed by atoms with Gasteiger partial charge < -0.3 is 40.8 Å². The number of nitrogens with one attached hydrogen (secondary N) is 5. The molecule has 316 valence electrons. The van der Waals surface area contributed by atoms with Crippen LogP contribution < -0.4 is 26.6 Å². The van der Waals surface area contributed by atoms with Crippen LogP contribution in [0.15, 0.2) is 43.0 Å². The second kappa shape index (κ2) is 26.1. The van der Waals surface area contributed by atoms with Crippen molar-refractivity contribution in [3.8, 4) is 0 Å². The van der Waals surface area contributed by atoms with Crippen LogP contribution in [0.3, 0.4) is 0 Å². The van der Waals surface area contributed by atoms with Gasteiger partial charge in [-0.25, -0.2) is 9.18 Å². The van der Waals surface area contributed by atoms with E-state index in [-0.39, 0.29) is 51.4 Å². The minimum atomic E-state index is -1.57. The van der Waals surface area contributed by atoms with Gasteiger partial charge in [0, 0.05) is 31.0 Å². The summed E-state index contributed by atoms with van der Waals surface area (Å²) in [5.41, 5.74) is -2.06. The molecule has 0 aliphatic carbocycles. The van der Waals surface area contributed by atoms with Gasteiger partial charge in [0.15, 0.2) is 0 Å². The number of nitro benzene ring substituents is 1. The second-order valence-corrected chi connectivity index (χ2v) is 13.8. The molecule has 0 heterocycles. The number of ether oxygens (including phenoxy) is 3. The van der Waals surface area contributed by atoms with Gasteiger partial charge in [-0.3, -0.25) is 38.9 Å². The fourth-order valence-corrected chi connectivity index (χ4v) is 4.61. The van der Waals surface area contributed by atoms with Gasteiger partial charge in [0.1, 0.15) is 30.0 Å². The zero-order valence-corrected chi connectivity index (χ0v) is 33.1. The zero-order chi connectivity index (χ0) is 43.0. The summed E-state index contributed by atoms with van der Waals surface area (Å²) in [5.74, 6) is -6.40. The molecule has 0 saturated carbocycles. The molecule has 1 aromatic carbocycles. The number of allylic oxidation sites excluding steroid dienone is 2. The Bertz CT molecular complexity index is 1600. The van der Waals surface area contributed by atoms with E-state index in [1.54, 1.807) is 39.0 Å². The van der Waals surface area contributed by atoms with Gasteiger partial charge >= 0.3 is 18.0 Å². The smallest absolute Gasteiger partial charge is 0.407 e. The Morgan fingerprint density at radius 1 is 0.912 bits per heavy atom. The summed E-state index contributed by atoms with van der Waals surface area (Å²) < 4.78 is 30.1. The van der Waals surface area contributed by atoms with E-state index in [0.29, 0.717) is 25.0 Å². The minimum absolute atomic E-state index is 0.0424. The first-order chi connectivity index (χ1) is 26.9. The van der Waals surface area contributed by atoms with E-state index in [0.717, 1.165) is 12.5 Å². The first kappa shape index (κ1) is 49.1. The molecule has 0 aliphatic heterocycles. The number of halogens is 1. The number of benzene rings is 1. The quantitative estimate of drug-likeness (QED) is 0.0239. The molecule has 3 unspecified atom stereocenters. The molecular formula is C38H55FN6O12. The van der Waals surface area contributed by atoms with Crippen molar-refractivity contribution in [2.75, 3.05) is 32.8 Å². The number of unbranched alkanes of at least 4 members (excludes halogenated alkanes) is 2. The van der Waals surface area contributed by atoms with Crippen molar-refractivity contribution in [3.63, 3.8) is 0 Å². The van der Waals surface area contributed by atoms with E-state index in [1.165, 1.54) is 0 Å². The topological polar surface area (TPSA) is 250 Å². The third kappa shape index (κ3) is 21.7. The van der Waals surface area contributed by atoms with Gasteiger partial charge in [0.25, 0.3) is 11.6 Å². The molecule has 0 spiro atoms. The zero-order valence-electron chi connectivity index (χ0n) is 33.1. The Kier molecular flexibility index (Phi) is 22.5. The van der Waals surface area contributed by atoms with E-state index in [2.05, 4.69) is 33.2 Å². The summed E-state index contributed by atoms with van der Waals surface area (Å²) >= 11 is 0. The summed E-state index contributed by atoms with van der Waals surface area (Å²) in [4.78, 5) is 99.6. The maximum Gasteiger partial charge on any atom is 0.407 e. The van der Waals surface area contributed by atoms with E-state index in [1.807, 2.05) is 13.8 Å². The molecule has 0 saturated heterocycles. The van der Waals surface area contributed by atoms with Gasteiger partial charge in [-0.15, -0.1) is 0 Å². The van der Waals surface area contributed by atoms with E-state index in [9.17, 15) is 48.1 Å². The Hall–Kier alpha value is -5.88. The summed E-state index contributed by atoms with van der Waals surface area (Å²) in [6, 6.07) is -0.650. The molecule has 1 aromatic rings. The maximum atomic E-state index is 14.6. The molecule has 0 fully saturated rings. The number of hydrogen-bond donors (Lipinski definition) is 5. The third-order valence-corrected chi connectivity index (χ3v) is 7.58. The molecule has 0 aliphatic rings. The highest BCUT2D eigenvalue weighted by atomic mass is 19.1. The monoisotopic (exact) mass is 806 g/mol. The number of hydrogen-bond acceptors (Lipinski definition) is 12. The third-order valence-electron chi connectivity index (χ3n) is 7.58. The Morgan fingerprint density at radius 3 is 2.26 bits per heavy atom. The van der Waals surface area contributed by atoms with Crippen LogP contribution in [0.4, 0.5) is 14.9 Å². The molecule has 5 N–H and O–H groups in total. The Labute approximate surface area is 331 Å². The highest BCUT2D eigenvalue weighted by Crippen LogP contribution is 2.17. The number of carbonyl (C=O) groups is 7. The standard InChI is InChI=1S/C38H55FN6O12/c1-7-9-13-25(3)24-56-33(48)23-41-31(46)22-42-35(50)29(14-11-12-19-40-37(52)57-38(4,5)6)44-36(51)30(17-18-32(47)55-20-10-8-2)43-34(49)27-21-26(45(53)54)15-16-28(27)39/h7,9,13,15-16,21,25,29-30H,1,8,10-12,14,17-20,22-24H2,2-6H3,(H,40,52)(H,41,46)(H,42,50)(H,43,49)(H,44,51)/b13-9-. The predicted molar refractivity (Wildman–Crippen MR) is 205 cm³/mol. The number of nitro groups is 1. The molecule has 1 rings (SSSR count). The van der Waals surface area contributed by atoms with Crippen molar-refractivity contribution in [1.29, 1.82) is 0 Å². The first-order valence-corrected chi connectivity index (χ1v) is 18.5. The van der Waals surface area contributed by atoms with Gasteiger partial charge in [-0.05, 0) is 58.9 Å². The summed E-state index contributed by atoms with van der Waals surface area (Å²) in [6.07, 6.45) is 5.48. The van der Waals surface area contributed by atoms with Crippen molar-refractivity contribution >= 4 is 47.3 Å². The van der Waals surface area contributed by atoms with Gasteiger partial charge in [-0.2, -0.15) is 0 Å². The molecule has 5 amide bonds. The lowest BCUT2D eigenvalue weighted by molar-refractivity contribution is -0.384. The number of rotatable bonds is 25. The van der Waals surface area contributed by atoms with Crippen molar-refractivity contribution < 1.29 is 57.1 Å². The first-order valence-electron chi connectivity index (χ1n) is 18.5. The minimum Gasteiger partial charge on any atom is -0.466 e. The van der Waals surface area contributed by atoms with Gasteiger partial charge in [0.2, 0.25) is 17.7 Å². The fourth-order valence-electron chi connectivity index (χ4n) is 4.61. The average Bonchev–Trinajstić information content (AvgIpc) is 3.14. The van der Waals surface area contributed by atoms with Crippen LogP contribution in [0.25, 0.3) is 0 Å². The molecule has 19 heteroatoms. The van der Waals surface area contributed by atoms with Crippen LogP contribution in [-0.2, 0) is 38.2 Å². The summed E-state index contributed by atoms with van der Waals surface area (Å²) in [5, 5.41) is 23.3. The van der Waals surface area contributed by atoms with Gasteiger partial charge in [-0.1, -0.05) is 45.1 Å². The molecule has 0 radical (unpaired) electrons. The molecular weight excluding hydrogens is 751 g/mol. The largest absolute Gasteiger partial charge is 0.466 e. The Morgan fingerprint density at radius 2 is 1.61 bits per heavy atom. The number of esters is 2.